The molecule has 33 heavy (non-hydrogen) atoms. The fourth-order valence-electron chi connectivity index (χ4n) is 3.88. The quantitative estimate of drug-likeness (QED) is 0.408. The average molecular weight is 457 g/mol. The van der Waals surface area contributed by atoms with Crippen LogP contribution in [-0.4, -0.2) is 59.0 Å². The highest BCUT2D eigenvalue weighted by molar-refractivity contribution is 6.00. The maximum absolute atomic E-state index is 12.6. The van der Waals surface area contributed by atoms with Gasteiger partial charge in [-0.1, -0.05) is 30.3 Å². The lowest BCUT2D eigenvalue weighted by Crippen LogP contribution is -2.37. The molecule has 1 saturated heterocycles. The number of phenols is 2. The standard InChI is InChI=1S/C25H32N2O6/c1-18-8-3-6-13-32-25(31)24-19(15-21(28)16-22(24)29)14-20(10-7-9-18)26-33-17-23(30)27-11-4-2-5-12-27/h3,7-8,10,15-16,18,28-29H,2,4-6,9,11-14,17H2,1H3. The number of hydrogen-bond donors (Lipinski definition) is 2. The molecule has 178 valence electrons. The summed E-state index contributed by atoms with van der Waals surface area (Å²) in [6.45, 7) is 3.56. The van der Waals surface area contributed by atoms with Crippen LogP contribution in [0.5, 0.6) is 11.5 Å². The Balaban J connectivity index is 1.83. The SMILES string of the molecule is CC1C=CCCOC(=O)c2c(O)cc(O)cc2CC(=NOCC(=O)N2CCCCC2)C=CC1. The molecule has 2 heterocycles. The van der Waals surface area contributed by atoms with E-state index in [0.717, 1.165) is 44.8 Å². The van der Waals surface area contributed by atoms with E-state index in [-0.39, 0.29) is 48.5 Å². The maximum Gasteiger partial charge on any atom is 0.342 e. The van der Waals surface area contributed by atoms with Crippen molar-refractivity contribution in [1.82, 2.24) is 4.90 Å². The van der Waals surface area contributed by atoms with Crippen molar-refractivity contribution >= 4 is 17.6 Å². The second kappa shape index (κ2) is 12.1. The first-order valence-corrected chi connectivity index (χ1v) is 11.5. The number of ether oxygens (including phenoxy) is 1. The number of cyclic esters (lactones) is 1. The fourth-order valence-corrected chi connectivity index (χ4v) is 3.88. The Morgan fingerprint density at radius 3 is 2.79 bits per heavy atom. The summed E-state index contributed by atoms with van der Waals surface area (Å²) in [6, 6.07) is 2.50. The fraction of sp³-hybridized carbons (Fsp3) is 0.480. The number of piperidine rings is 1. The number of likely N-dealkylation sites (tertiary alicyclic amines) is 1. The number of benzene rings is 1. The van der Waals surface area contributed by atoms with Crippen LogP contribution >= 0.6 is 0 Å². The molecular weight excluding hydrogens is 424 g/mol. The number of allylic oxidation sites excluding steroid dienone is 3. The minimum absolute atomic E-state index is 0.0206. The van der Waals surface area contributed by atoms with Crippen LogP contribution in [0.25, 0.3) is 0 Å². The summed E-state index contributed by atoms with van der Waals surface area (Å²) in [5, 5.41) is 24.4. The van der Waals surface area contributed by atoms with Crippen molar-refractivity contribution in [2.75, 3.05) is 26.3 Å². The van der Waals surface area contributed by atoms with Crippen LogP contribution < -0.4 is 0 Å². The van der Waals surface area contributed by atoms with Crippen molar-refractivity contribution in [2.24, 2.45) is 11.1 Å². The molecule has 8 nitrogen and oxygen atoms in total. The highest BCUT2D eigenvalue weighted by atomic mass is 16.6. The number of amides is 1. The largest absolute Gasteiger partial charge is 0.508 e. The zero-order valence-electron chi connectivity index (χ0n) is 19.0. The van der Waals surface area contributed by atoms with E-state index in [1.807, 2.05) is 12.2 Å². The van der Waals surface area contributed by atoms with Gasteiger partial charge in [0.25, 0.3) is 5.91 Å². The van der Waals surface area contributed by atoms with E-state index in [9.17, 15) is 19.8 Å². The number of carbonyl (C=O) groups is 2. The number of phenolic OH excluding ortho intramolecular Hbond substituents is 2. The Hall–Kier alpha value is -3.29. The monoisotopic (exact) mass is 456 g/mol. The third-order valence-electron chi connectivity index (χ3n) is 5.64. The predicted octanol–water partition coefficient (Wildman–Crippen LogP) is 3.72. The lowest BCUT2D eigenvalue weighted by molar-refractivity contribution is -0.137. The van der Waals surface area contributed by atoms with Gasteiger partial charge in [-0.25, -0.2) is 4.79 Å². The molecule has 0 saturated carbocycles. The molecule has 1 aromatic carbocycles. The smallest absolute Gasteiger partial charge is 0.342 e. The third-order valence-corrected chi connectivity index (χ3v) is 5.64. The van der Waals surface area contributed by atoms with Gasteiger partial charge >= 0.3 is 5.97 Å². The lowest BCUT2D eigenvalue weighted by Gasteiger charge is -2.26. The summed E-state index contributed by atoms with van der Waals surface area (Å²) >= 11 is 0. The second-order valence-corrected chi connectivity index (χ2v) is 8.44. The van der Waals surface area contributed by atoms with Crippen LogP contribution in [0.2, 0.25) is 0 Å². The number of rotatable bonds is 3. The number of oxime groups is 1. The van der Waals surface area contributed by atoms with Gasteiger partial charge in [0.2, 0.25) is 0 Å². The van der Waals surface area contributed by atoms with E-state index < -0.39 is 5.97 Å². The van der Waals surface area contributed by atoms with Crippen LogP contribution in [0.15, 0.2) is 41.6 Å². The van der Waals surface area contributed by atoms with E-state index in [2.05, 4.69) is 18.2 Å². The van der Waals surface area contributed by atoms with Gasteiger partial charge in [-0.05, 0) is 55.7 Å². The molecule has 0 spiro atoms. The van der Waals surface area contributed by atoms with Crippen LogP contribution in [0.3, 0.4) is 0 Å². The zero-order chi connectivity index (χ0) is 23.6. The molecular formula is C25H32N2O6. The van der Waals surface area contributed by atoms with E-state index in [0.29, 0.717) is 17.7 Å². The van der Waals surface area contributed by atoms with Crippen molar-refractivity contribution in [3.63, 3.8) is 0 Å². The molecule has 1 atom stereocenters. The van der Waals surface area contributed by atoms with Gasteiger partial charge in [-0.15, -0.1) is 0 Å². The number of carbonyl (C=O) groups excluding carboxylic acids is 2. The van der Waals surface area contributed by atoms with Gasteiger partial charge in [0.15, 0.2) is 6.61 Å². The summed E-state index contributed by atoms with van der Waals surface area (Å²) in [6.07, 6.45) is 12.3. The molecule has 1 fully saturated rings. The molecule has 3 rings (SSSR count). The molecule has 1 aromatic rings. The van der Waals surface area contributed by atoms with Gasteiger partial charge in [-0.3, -0.25) is 4.79 Å². The van der Waals surface area contributed by atoms with Crippen LogP contribution in [0.1, 0.15) is 54.9 Å². The molecule has 2 aliphatic rings. The Labute approximate surface area is 194 Å². The summed E-state index contributed by atoms with van der Waals surface area (Å²) < 4.78 is 5.31. The zero-order valence-corrected chi connectivity index (χ0v) is 19.0. The number of esters is 1. The van der Waals surface area contributed by atoms with E-state index >= 15 is 0 Å². The lowest BCUT2D eigenvalue weighted by atomic mass is 9.99. The summed E-state index contributed by atoms with van der Waals surface area (Å²) in [7, 11) is 0. The van der Waals surface area contributed by atoms with E-state index in [4.69, 9.17) is 9.57 Å². The summed E-state index contributed by atoms with van der Waals surface area (Å²) in [5.74, 6) is -1.05. The first kappa shape index (κ1) is 24.4. The van der Waals surface area contributed by atoms with Crippen LogP contribution in [0, 0.1) is 5.92 Å². The topological polar surface area (TPSA) is 109 Å². The Bertz CT molecular complexity index is 931. The summed E-state index contributed by atoms with van der Waals surface area (Å²) in [5.41, 5.74) is 0.786. The normalized spacial score (nSPS) is 21.2. The molecule has 0 bridgehead atoms. The van der Waals surface area contributed by atoms with Gasteiger partial charge in [-0.2, -0.15) is 0 Å². The minimum atomic E-state index is -0.675. The highest BCUT2D eigenvalue weighted by Gasteiger charge is 2.21. The highest BCUT2D eigenvalue weighted by Crippen LogP contribution is 2.29. The molecule has 2 N–H and O–H groups in total. The van der Waals surface area contributed by atoms with Crippen molar-refractivity contribution in [1.29, 1.82) is 0 Å². The number of nitrogens with zero attached hydrogens (tertiary/aromatic N) is 2. The number of fused-ring (bicyclic) bond motifs is 1. The van der Waals surface area contributed by atoms with Gasteiger partial charge in [0, 0.05) is 25.6 Å². The van der Waals surface area contributed by atoms with E-state index in [1.165, 1.54) is 6.07 Å². The van der Waals surface area contributed by atoms with Gasteiger partial charge < -0.3 is 24.7 Å². The minimum Gasteiger partial charge on any atom is -0.508 e. The molecule has 1 unspecified atom stereocenters. The number of hydrogen-bond acceptors (Lipinski definition) is 7. The molecule has 0 aromatic heterocycles. The second-order valence-electron chi connectivity index (χ2n) is 8.44. The Morgan fingerprint density at radius 1 is 1.21 bits per heavy atom. The van der Waals surface area contributed by atoms with Crippen molar-refractivity contribution in [3.8, 4) is 11.5 Å². The van der Waals surface area contributed by atoms with Gasteiger partial charge in [0.1, 0.15) is 17.1 Å². The average Bonchev–Trinajstić information content (AvgIpc) is 2.78. The van der Waals surface area contributed by atoms with Crippen molar-refractivity contribution < 1.29 is 29.4 Å². The predicted molar refractivity (Wildman–Crippen MR) is 124 cm³/mol. The molecule has 0 aliphatic carbocycles. The first-order valence-electron chi connectivity index (χ1n) is 11.5. The molecule has 0 radical (unpaired) electrons. The maximum atomic E-state index is 12.6. The molecule has 2 aliphatic heterocycles. The molecule has 1 amide bonds. The van der Waals surface area contributed by atoms with E-state index in [1.54, 1.807) is 11.0 Å². The van der Waals surface area contributed by atoms with Crippen molar-refractivity contribution in [2.45, 2.75) is 45.4 Å². The van der Waals surface area contributed by atoms with Crippen LogP contribution in [-0.2, 0) is 20.8 Å². The molecule has 8 heteroatoms. The third kappa shape index (κ3) is 7.37. The Kier molecular flexibility index (Phi) is 8.92. The first-order chi connectivity index (χ1) is 15.9. The Morgan fingerprint density at radius 2 is 2.00 bits per heavy atom. The summed E-state index contributed by atoms with van der Waals surface area (Å²) in [4.78, 5) is 32.2. The van der Waals surface area contributed by atoms with Gasteiger partial charge in [0.05, 0.1) is 12.3 Å². The van der Waals surface area contributed by atoms with Crippen LogP contribution in [0.4, 0.5) is 0 Å². The number of aromatic hydroxyl groups is 2. The van der Waals surface area contributed by atoms with Crippen molar-refractivity contribution in [3.05, 3.63) is 47.6 Å².